The molecule has 1 amide bonds. The van der Waals surface area contributed by atoms with E-state index in [1.165, 1.54) is 13.1 Å². The lowest BCUT2D eigenvalue weighted by Gasteiger charge is -2.18. The van der Waals surface area contributed by atoms with E-state index in [1.807, 2.05) is 0 Å². The first-order valence-corrected chi connectivity index (χ1v) is 5.28. The van der Waals surface area contributed by atoms with E-state index >= 15 is 0 Å². The summed E-state index contributed by atoms with van der Waals surface area (Å²) in [6, 6.07) is 2.30. The van der Waals surface area contributed by atoms with Crippen LogP contribution in [-0.4, -0.2) is 23.9 Å². The number of carbonyl (C=O) groups is 1. The Balaban J connectivity index is 2.20. The Bertz CT molecular complexity index is 501. The van der Waals surface area contributed by atoms with E-state index in [2.05, 4.69) is 0 Å². The van der Waals surface area contributed by atoms with E-state index in [4.69, 9.17) is 0 Å². The van der Waals surface area contributed by atoms with Gasteiger partial charge < -0.3 is 4.90 Å². The molecule has 18 heavy (non-hydrogen) atoms. The highest BCUT2D eigenvalue weighted by molar-refractivity contribution is 5.96. The standard InChI is InChI=1S/C11H10F2N2O3/c1-14(10-7(12)3-2-4-8(10)13)11(16)6-5-9(6)15(17)18/h2-4,6,9H,5H2,1H3/t6-,9-/m0/s1. The number of amides is 1. The van der Waals surface area contributed by atoms with Crippen molar-refractivity contribution in [2.75, 3.05) is 11.9 Å². The molecule has 5 nitrogen and oxygen atoms in total. The highest BCUT2D eigenvalue weighted by Crippen LogP contribution is 2.36. The van der Waals surface area contributed by atoms with Crippen molar-refractivity contribution in [1.29, 1.82) is 0 Å². The van der Waals surface area contributed by atoms with E-state index < -0.39 is 40.1 Å². The third-order valence-corrected chi connectivity index (χ3v) is 2.95. The summed E-state index contributed by atoms with van der Waals surface area (Å²) in [5.41, 5.74) is -0.475. The molecule has 96 valence electrons. The average molecular weight is 256 g/mol. The lowest BCUT2D eigenvalue weighted by molar-refractivity contribution is -0.497. The van der Waals surface area contributed by atoms with Crippen LogP contribution in [0, 0.1) is 27.7 Å². The summed E-state index contributed by atoms with van der Waals surface area (Å²) in [6.45, 7) is 0. The van der Waals surface area contributed by atoms with Crippen LogP contribution < -0.4 is 4.90 Å². The van der Waals surface area contributed by atoms with Crippen LogP contribution in [0.4, 0.5) is 14.5 Å². The SMILES string of the molecule is CN(C(=O)[C@H]1C[C@@H]1[N+](=O)[O-])c1c(F)cccc1F. The van der Waals surface area contributed by atoms with Gasteiger partial charge in [0.2, 0.25) is 11.9 Å². The Hall–Kier alpha value is -2.05. The zero-order valence-electron chi connectivity index (χ0n) is 9.47. The smallest absolute Gasteiger partial charge is 0.237 e. The molecule has 1 aromatic carbocycles. The molecule has 2 atom stereocenters. The van der Waals surface area contributed by atoms with Gasteiger partial charge in [0.25, 0.3) is 0 Å². The summed E-state index contributed by atoms with van der Waals surface area (Å²) < 4.78 is 26.9. The van der Waals surface area contributed by atoms with Crippen molar-refractivity contribution in [3.63, 3.8) is 0 Å². The fraction of sp³-hybridized carbons (Fsp3) is 0.364. The van der Waals surface area contributed by atoms with Gasteiger partial charge in [0.15, 0.2) is 0 Å². The topological polar surface area (TPSA) is 63.5 Å². The highest BCUT2D eigenvalue weighted by atomic mass is 19.1. The Kier molecular flexibility index (Phi) is 2.98. The second kappa shape index (κ2) is 4.32. The van der Waals surface area contributed by atoms with Crippen molar-refractivity contribution in [3.05, 3.63) is 39.9 Å². The fourth-order valence-electron chi connectivity index (χ4n) is 1.85. The molecule has 0 unspecified atom stereocenters. The molecule has 1 aliphatic rings. The number of benzene rings is 1. The second-order valence-corrected chi connectivity index (χ2v) is 4.16. The van der Waals surface area contributed by atoms with Gasteiger partial charge in [0.05, 0.1) is 0 Å². The van der Waals surface area contributed by atoms with Crippen molar-refractivity contribution in [2.24, 2.45) is 5.92 Å². The first-order chi connectivity index (χ1) is 8.43. The predicted octanol–water partition coefficient (Wildman–Crippen LogP) is 1.59. The van der Waals surface area contributed by atoms with Crippen LogP contribution >= 0.6 is 0 Å². The highest BCUT2D eigenvalue weighted by Gasteiger charge is 2.54. The molecule has 1 saturated carbocycles. The van der Waals surface area contributed by atoms with Crippen molar-refractivity contribution in [2.45, 2.75) is 12.5 Å². The van der Waals surface area contributed by atoms with Crippen LogP contribution in [-0.2, 0) is 4.79 Å². The van der Waals surface area contributed by atoms with Crippen LogP contribution in [0.5, 0.6) is 0 Å². The molecular formula is C11H10F2N2O3. The summed E-state index contributed by atoms with van der Waals surface area (Å²) in [5.74, 6) is -3.17. The van der Waals surface area contributed by atoms with Crippen LogP contribution in [0.3, 0.4) is 0 Å². The normalized spacial score (nSPS) is 21.5. The maximum atomic E-state index is 13.4. The number of para-hydroxylation sites is 1. The molecular weight excluding hydrogens is 246 g/mol. The quantitative estimate of drug-likeness (QED) is 0.609. The maximum absolute atomic E-state index is 13.4. The maximum Gasteiger partial charge on any atom is 0.237 e. The molecule has 0 radical (unpaired) electrons. The molecule has 2 rings (SSSR count). The Morgan fingerprint density at radius 2 is 2.00 bits per heavy atom. The van der Waals surface area contributed by atoms with Crippen LogP contribution in [0.1, 0.15) is 6.42 Å². The third-order valence-electron chi connectivity index (χ3n) is 2.95. The number of nitro groups is 1. The fourth-order valence-corrected chi connectivity index (χ4v) is 1.85. The van der Waals surface area contributed by atoms with Gasteiger partial charge in [-0.1, -0.05) is 6.07 Å². The number of rotatable bonds is 3. The number of carbonyl (C=O) groups excluding carboxylic acids is 1. The number of halogens is 2. The first kappa shape index (κ1) is 12.4. The zero-order chi connectivity index (χ0) is 13.4. The lowest BCUT2D eigenvalue weighted by atomic mass is 10.2. The summed E-state index contributed by atoms with van der Waals surface area (Å²) in [5, 5.41) is 10.5. The summed E-state index contributed by atoms with van der Waals surface area (Å²) in [6.07, 6.45) is 0.117. The predicted molar refractivity (Wildman–Crippen MR) is 58.7 cm³/mol. The Morgan fingerprint density at radius 1 is 1.44 bits per heavy atom. The van der Waals surface area contributed by atoms with E-state index in [0.717, 1.165) is 17.0 Å². The molecule has 0 N–H and O–H groups in total. The van der Waals surface area contributed by atoms with Gasteiger partial charge in [-0.05, 0) is 12.1 Å². The van der Waals surface area contributed by atoms with Gasteiger partial charge in [-0.2, -0.15) is 0 Å². The van der Waals surface area contributed by atoms with E-state index in [9.17, 15) is 23.7 Å². The third kappa shape index (κ3) is 2.03. The zero-order valence-corrected chi connectivity index (χ0v) is 9.47. The number of hydrogen-bond acceptors (Lipinski definition) is 3. The van der Waals surface area contributed by atoms with Gasteiger partial charge in [-0.3, -0.25) is 14.9 Å². The number of anilines is 1. The molecule has 0 spiro atoms. The van der Waals surface area contributed by atoms with Gasteiger partial charge >= 0.3 is 0 Å². The van der Waals surface area contributed by atoms with Crippen LogP contribution in [0.15, 0.2) is 18.2 Å². The summed E-state index contributed by atoms with van der Waals surface area (Å²) >= 11 is 0. The minimum atomic E-state index is -0.935. The molecule has 1 aromatic rings. The van der Waals surface area contributed by atoms with E-state index in [-0.39, 0.29) is 6.42 Å². The van der Waals surface area contributed by atoms with Crippen molar-refractivity contribution >= 4 is 11.6 Å². The molecule has 1 aliphatic carbocycles. The van der Waals surface area contributed by atoms with Gasteiger partial charge in [0.1, 0.15) is 23.2 Å². The van der Waals surface area contributed by atoms with Crippen molar-refractivity contribution in [1.82, 2.24) is 0 Å². The number of nitrogens with zero attached hydrogens (tertiary/aromatic N) is 2. The average Bonchev–Trinajstić information content (AvgIpc) is 3.07. The summed E-state index contributed by atoms with van der Waals surface area (Å²) in [4.78, 5) is 22.5. The Labute approximate surface area is 101 Å². The molecule has 0 heterocycles. The molecule has 0 saturated heterocycles. The van der Waals surface area contributed by atoms with Gasteiger partial charge in [-0.15, -0.1) is 0 Å². The van der Waals surface area contributed by atoms with Gasteiger partial charge in [0, 0.05) is 18.4 Å². The molecule has 0 aromatic heterocycles. The van der Waals surface area contributed by atoms with E-state index in [1.54, 1.807) is 0 Å². The first-order valence-electron chi connectivity index (χ1n) is 5.28. The van der Waals surface area contributed by atoms with E-state index in [0.29, 0.717) is 0 Å². The molecule has 0 aliphatic heterocycles. The number of hydrogen-bond donors (Lipinski definition) is 0. The largest absolute Gasteiger partial charge is 0.310 e. The van der Waals surface area contributed by atoms with Crippen molar-refractivity contribution in [3.8, 4) is 0 Å². The van der Waals surface area contributed by atoms with Crippen LogP contribution in [0.2, 0.25) is 0 Å². The minimum absolute atomic E-state index is 0.117. The van der Waals surface area contributed by atoms with Gasteiger partial charge in [-0.25, -0.2) is 8.78 Å². The minimum Gasteiger partial charge on any atom is -0.310 e. The second-order valence-electron chi connectivity index (χ2n) is 4.16. The van der Waals surface area contributed by atoms with Crippen molar-refractivity contribution < 1.29 is 18.5 Å². The monoisotopic (exact) mass is 256 g/mol. The Morgan fingerprint density at radius 3 is 2.44 bits per heavy atom. The molecule has 0 bridgehead atoms. The summed E-state index contributed by atoms with van der Waals surface area (Å²) in [7, 11) is 1.21. The molecule has 1 fully saturated rings. The molecule has 7 heteroatoms. The lowest BCUT2D eigenvalue weighted by Crippen LogP contribution is -2.31. The van der Waals surface area contributed by atoms with Crippen LogP contribution in [0.25, 0.3) is 0 Å².